The molecule has 140 valence electrons. The monoisotopic (exact) mass is 360 g/mol. The van der Waals surface area contributed by atoms with E-state index in [0.717, 1.165) is 0 Å². The van der Waals surface area contributed by atoms with Gasteiger partial charge in [-0.2, -0.15) is 0 Å². The average Bonchev–Trinajstić information content (AvgIpc) is 2.65. The Morgan fingerprint density at radius 2 is 1.62 bits per heavy atom. The number of pyridine rings is 1. The van der Waals surface area contributed by atoms with Crippen LogP contribution in [0, 0.1) is 0 Å². The summed E-state index contributed by atoms with van der Waals surface area (Å²) in [5.41, 5.74) is 0.369. The van der Waals surface area contributed by atoms with Crippen LogP contribution in [-0.4, -0.2) is 37.8 Å². The van der Waals surface area contributed by atoms with Gasteiger partial charge in [0.05, 0.1) is 26.9 Å². The zero-order chi connectivity index (χ0) is 18.9. The van der Waals surface area contributed by atoms with Crippen molar-refractivity contribution >= 4 is 11.7 Å². The van der Waals surface area contributed by atoms with Gasteiger partial charge in [-0.3, -0.25) is 4.79 Å². The van der Waals surface area contributed by atoms with Gasteiger partial charge >= 0.3 is 0 Å². The highest BCUT2D eigenvalue weighted by Gasteiger charge is 2.19. The van der Waals surface area contributed by atoms with Crippen molar-refractivity contribution in [3.8, 4) is 23.0 Å². The van der Waals surface area contributed by atoms with E-state index in [2.05, 4.69) is 10.3 Å². The zero-order valence-corrected chi connectivity index (χ0v) is 15.5. The molecule has 7 heteroatoms. The van der Waals surface area contributed by atoms with Crippen molar-refractivity contribution in [2.45, 2.75) is 20.8 Å². The molecule has 0 radical (unpaired) electrons. The van der Waals surface area contributed by atoms with E-state index in [9.17, 15) is 4.79 Å². The number of carbonyl (C=O) groups excluding carboxylic acids is 1. The van der Waals surface area contributed by atoms with Crippen LogP contribution in [0.25, 0.3) is 0 Å². The first kappa shape index (κ1) is 19.4. The molecule has 2 aromatic rings. The van der Waals surface area contributed by atoms with E-state index in [0.29, 0.717) is 54.2 Å². The molecule has 0 unspecified atom stereocenters. The lowest BCUT2D eigenvalue weighted by Crippen LogP contribution is -2.15. The third kappa shape index (κ3) is 4.56. The first-order valence-electron chi connectivity index (χ1n) is 8.51. The lowest BCUT2D eigenvalue weighted by atomic mass is 10.1. The molecule has 0 saturated heterocycles. The topological polar surface area (TPSA) is 78.9 Å². The summed E-state index contributed by atoms with van der Waals surface area (Å²) in [5, 5.41) is 2.74. The summed E-state index contributed by atoms with van der Waals surface area (Å²) in [6, 6.07) is 6.70. The zero-order valence-electron chi connectivity index (χ0n) is 15.5. The third-order valence-corrected chi connectivity index (χ3v) is 3.39. The number of hydrogen-bond acceptors (Lipinski definition) is 6. The fraction of sp³-hybridized carbons (Fsp3) is 0.368. The lowest BCUT2D eigenvalue weighted by Gasteiger charge is -2.17. The molecule has 1 aromatic heterocycles. The quantitative estimate of drug-likeness (QED) is 0.737. The number of rotatable bonds is 9. The fourth-order valence-electron chi connectivity index (χ4n) is 2.35. The van der Waals surface area contributed by atoms with Gasteiger partial charge in [0, 0.05) is 11.8 Å². The number of nitrogens with one attached hydrogen (secondary N) is 1. The summed E-state index contributed by atoms with van der Waals surface area (Å²) in [6.45, 7) is 6.93. The molecule has 1 aromatic carbocycles. The highest BCUT2D eigenvalue weighted by Crippen LogP contribution is 2.39. The van der Waals surface area contributed by atoms with E-state index in [-0.39, 0.29) is 5.91 Å². The highest BCUT2D eigenvalue weighted by atomic mass is 16.5. The molecule has 1 heterocycles. The Morgan fingerprint density at radius 3 is 2.15 bits per heavy atom. The van der Waals surface area contributed by atoms with E-state index < -0.39 is 0 Å². The smallest absolute Gasteiger partial charge is 0.257 e. The Kier molecular flexibility index (Phi) is 7.08. The van der Waals surface area contributed by atoms with Gasteiger partial charge in [0.1, 0.15) is 0 Å². The van der Waals surface area contributed by atoms with Crippen LogP contribution in [-0.2, 0) is 0 Å². The van der Waals surface area contributed by atoms with Gasteiger partial charge in [0.15, 0.2) is 23.1 Å². The first-order valence-corrected chi connectivity index (χ1v) is 8.51. The Balaban J connectivity index is 2.39. The molecule has 0 atom stereocenters. The maximum Gasteiger partial charge on any atom is 0.257 e. The van der Waals surface area contributed by atoms with Gasteiger partial charge in [-0.25, -0.2) is 4.98 Å². The Bertz CT molecular complexity index is 721. The third-order valence-electron chi connectivity index (χ3n) is 3.39. The number of aromatic nitrogens is 1. The lowest BCUT2D eigenvalue weighted by molar-refractivity contribution is 0.102. The maximum absolute atomic E-state index is 12.7. The van der Waals surface area contributed by atoms with E-state index in [1.165, 1.54) is 7.11 Å². The number of benzene rings is 1. The van der Waals surface area contributed by atoms with E-state index in [4.69, 9.17) is 18.9 Å². The summed E-state index contributed by atoms with van der Waals surface area (Å²) in [6.07, 6.45) is 1.58. The number of carbonyl (C=O) groups is 1. The number of ether oxygens (including phenoxy) is 4. The summed E-state index contributed by atoms with van der Waals surface area (Å²) < 4.78 is 22.1. The number of methoxy groups -OCH3 is 1. The maximum atomic E-state index is 12.7. The van der Waals surface area contributed by atoms with Gasteiger partial charge in [-0.05, 0) is 45.0 Å². The molecule has 0 aliphatic heterocycles. The SMILES string of the molecule is CCOc1cc(C(=O)Nc2ncccc2OC)cc(OCC)c1OCC. The molecular weight excluding hydrogens is 336 g/mol. The molecule has 0 fully saturated rings. The predicted octanol–water partition coefficient (Wildman–Crippen LogP) is 3.54. The van der Waals surface area contributed by atoms with Crippen LogP contribution in [0.5, 0.6) is 23.0 Å². The van der Waals surface area contributed by atoms with E-state index in [1.807, 2.05) is 20.8 Å². The summed E-state index contributed by atoms with van der Waals surface area (Å²) in [5.74, 6) is 1.86. The highest BCUT2D eigenvalue weighted by molar-refractivity contribution is 6.05. The number of anilines is 1. The van der Waals surface area contributed by atoms with Gasteiger partial charge in [0.2, 0.25) is 5.75 Å². The molecule has 1 N–H and O–H groups in total. The molecule has 0 aliphatic carbocycles. The van der Waals surface area contributed by atoms with Crippen molar-refractivity contribution in [2.24, 2.45) is 0 Å². The molecule has 0 spiro atoms. The van der Waals surface area contributed by atoms with Crippen LogP contribution in [0.15, 0.2) is 30.5 Å². The van der Waals surface area contributed by atoms with Crippen molar-refractivity contribution < 1.29 is 23.7 Å². The number of amides is 1. The second-order valence-electron chi connectivity index (χ2n) is 5.11. The normalized spacial score (nSPS) is 10.2. The minimum Gasteiger partial charge on any atom is -0.493 e. The first-order chi connectivity index (χ1) is 12.6. The second kappa shape index (κ2) is 9.50. The molecule has 0 aliphatic rings. The van der Waals surface area contributed by atoms with Crippen LogP contribution in [0.2, 0.25) is 0 Å². The van der Waals surface area contributed by atoms with Gasteiger partial charge in [-0.15, -0.1) is 0 Å². The molecule has 26 heavy (non-hydrogen) atoms. The molecule has 2 rings (SSSR count). The molecule has 0 saturated carbocycles. The molecule has 7 nitrogen and oxygen atoms in total. The van der Waals surface area contributed by atoms with Crippen LogP contribution >= 0.6 is 0 Å². The van der Waals surface area contributed by atoms with Crippen molar-refractivity contribution in [1.29, 1.82) is 0 Å². The summed E-state index contributed by atoms with van der Waals surface area (Å²) >= 11 is 0. The molecular formula is C19H24N2O5. The van der Waals surface area contributed by atoms with E-state index in [1.54, 1.807) is 30.5 Å². The van der Waals surface area contributed by atoms with Crippen molar-refractivity contribution in [3.63, 3.8) is 0 Å². The van der Waals surface area contributed by atoms with Crippen molar-refractivity contribution in [1.82, 2.24) is 4.98 Å². The molecule has 1 amide bonds. The minimum absolute atomic E-state index is 0.338. The van der Waals surface area contributed by atoms with Gasteiger partial charge < -0.3 is 24.3 Å². The van der Waals surface area contributed by atoms with E-state index >= 15 is 0 Å². The average molecular weight is 360 g/mol. The standard InChI is InChI=1S/C19H24N2O5/c1-5-24-15-11-13(12-16(25-6-2)17(15)26-7-3)19(22)21-18-14(23-4)9-8-10-20-18/h8-12H,5-7H2,1-4H3,(H,20,21,22). The van der Waals surface area contributed by atoms with Crippen LogP contribution < -0.4 is 24.3 Å². The van der Waals surface area contributed by atoms with Crippen molar-refractivity contribution in [2.75, 3.05) is 32.2 Å². The van der Waals surface area contributed by atoms with Crippen molar-refractivity contribution in [3.05, 3.63) is 36.0 Å². The number of nitrogens with zero attached hydrogens (tertiary/aromatic N) is 1. The Hall–Kier alpha value is -2.96. The van der Waals surface area contributed by atoms with Gasteiger partial charge in [0.25, 0.3) is 5.91 Å². The predicted molar refractivity (Wildman–Crippen MR) is 98.7 cm³/mol. The van der Waals surface area contributed by atoms with Gasteiger partial charge in [-0.1, -0.05) is 0 Å². The largest absolute Gasteiger partial charge is 0.493 e. The van der Waals surface area contributed by atoms with Crippen LogP contribution in [0.3, 0.4) is 0 Å². The minimum atomic E-state index is -0.355. The Labute approximate surface area is 153 Å². The summed E-state index contributed by atoms with van der Waals surface area (Å²) in [4.78, 5) is 16.8. The fourth-order valence-corrected chi connectivity index (χ4v) is 2.35. The van der Waals surface area contributed by atoms with Crippen LogP contribution in [0.4, 0.5) is 5.82 Å². The van der Waals surface area contributed by atoms with Crippen LogP contribution in [0.1, 0.15) is 31.1 Å². The Morgan fingerprint density at radius 1 is 1.00 bits per heavy atom. The second-order valence-corrected chi connectivity index (χ2v) is 5.11. The molecule has 0 bridgehead atoms. The summed E-state index contributed by atoms with van der Waals surface area (Å²) in [7, 11) is 1.52. The number of hydrogen-bond donors (Lipinski definition) is 1.